The maximum atomic E-state index is 6.75. The number of rotatable bonds is 3. The second-order valence-corrected chi connectivity index (χ2v) is 13.6. The Bertz CT molecular complexity index is 3140. The van der Waals surface area contributed by atoms with Gasteiger partial charge in [0, 0.05) is 21.7 Å². The minimum atomic E-state index is 0.913. The average molecular weight is 647 g/mol. The SMILES string of the molecule is c1cc(-c2c3ccccc3c(-c3ccc4ccccc4c3)c3ccccc23)cc(-c2c3ccccc3cc3oc4c5ccccc5ccc4c23)c1. The molecule has 1 heterocycles. The Morgan fingerprint density at radius 3 is 1.47 bits per heavy atom. The number of benzene rings is 10. The van der Waals surface area contributed by atoms with Crippen molar-refractivity contribution in [2.45, 2.75) is 0 Å². The topological polar surface area (TPSA) is 13.1 Å². The van der Waals surface area contributed by atoms with Crippen molar-refractivity contribution in [3.8, 4) is 33.4 Å². The summed E-state index contributed by atoms with van der Waals surface area (Å²) in [5.41, 5.74) is 9.21. The highest BCUT2D eigenvalue weighted by Gasteiger charge is 2.20. The van der Waals surface area contributed by atoms with Crippen molar-refractivity contribution in [1.82, 2.24) is 0 Å². The molecular formula is C50H30O. The Balaban J connectivity index is 1.21. The second kappa shape index (κ2) is 10.9. The summed E-state index contributed by atoms with van der Waals surface area (Å²) in [5, 5.41) is 14.5. The van der Waals surface area contributed by atoms with Crippen LogP contribution in [0.4, 0.5) is 0 Å². The summed E-state index contributed by atoms with van der Waals surface area (Å²) < 4.78 is 6.75. The van der Waals surface area contributed by atoms with Crippen LogP contribution in [-0.4, -0.2) is 0 Å². The fourth-order valence-corrected chi connectivity index (χ4v) is 8.55. The molecule has 0 saturated carbocycles. The van der Waals surface area contributed by atoms with Gasteiger partial charge in [-0.1, -0.05) is 158 Å². The zero-order valence-corrected chi connectivity index (χ0v) is 27.7. The van der Waals surface area contributed by atoms with Crippen LogP contribution >= 0.6 is 0 Å². The van der Waals surface area contributed by atoms with Gasteiger partial charge in [0.25, 0.3) is 0 Å². The molecule has 0 spiro atoms. The van der Waals surface area contributed by atoms with Gasteiger partial charge < -0.3 is 4.42 Å². The predicted octanol–water partition coefficient (Wildman–Crippen LogP) is 14.4. The number of hydrogen-bond donors (Lipinski definition) is 0. The maximum Gasteiger partial charge on any atom is 0.143 e. The molecule has 0 aliphatic rings. The third-order valence-electron chi connectivity index (χ3n) is 10.8. The van der Waals surface area contributed by atoms with Crippen LogP contribution in [0.15, 0.2) is 186 Å². The molecule has 0 aliphatic carbocycles. The molecule has 0 atom stereocenters. The van der Waals surface area contributed by atoms with Gasteiger partial charge in [0.05, 0.1) is 0 Å². The first kappa shape index (κ1) is 28.2. The highest BCUT2D eigenvalue weighted by Crippen LogP contribution is 2.47. The molecule has 0 bridgehead atoms. The predicted molar refractivity (Wildman–Crippen MR) is 218 cm³/mol. The summed E-state index contributed by atoms with van der Waals surface area (Å²) in [6, 6.07) is 66.3. The Labute approximate surface area is 294 Å². The molecule has 0 amide bonds. The molecule has 11 aromatic rings. The maximum absolute atomic E-state index is 6.75. The normalized spacial score (nSPS) is 11.9. The Morgan fingerprint density at radius 1 is 0.275 bits per heavy atom. The average Bonchev–Trinajstić information content (AvgIpc) is 3.57. The molecule has 0 fully saturated rings. The Morgan fingerprint density at radius 2 is 0.784 bits per heavy atom. The molecule has 1 aromatic heterocycles. The molecule has 0 unspecified atom stereocenters. The van der Waals surface area contributed by atoms with Gasteiger partial charge in [0.15, 0.2) is 0 Å². The minimum Gasteiger partial charge on any atom is -0.455 e. The van der Waals surface area contributed by atoms with Crippen molar-refractivity contribution in [2.24, 2.45) is 0 Å². The van der Waals surface area contributed by atoms with Gasteiger partial charge >= 0.3 is 0 Å². The van der Waals surface area contributed by atoms with E-state index in [2.05, 4.69) is 182 Å². The third kappa shape index (κ3) is 4.22. The summed E-state index contributed by atoms with van der Waals surface area (Å²) in [6.45, 7) is 0. The van der Waals surface area contributed by atoms with Crippen LogP contribution in [0.5, 0.6) is 0 Å². The van der Waals surface area contributed by atoms with E-state index in [9.17, 15) is 0 Å². The van der Waals surface area contributed by atoms with Crippen LogP contribution in [-0.2, 0) is 0 Å². The lowest BCUT2D eigenvalue weighted by Gasteiger charge is -2.19. The summed E-state index contributed by atoms with van der Waals surface area (Å²) in [6.07, 6.45) is 0. The van der Waals surface area contributed by atoms with Crippen LogP contribution in [0.25, 0.3) is 109 Å². The molecule has 0 saturated heterocycles. The van der Waals surface area contributed by atoms with Crippen molar-refractivity contribution in [3.05, 3.63) is 182 Å². The van der Waals surface area contributed by atoms with Crippen LogP contribution < -0.4 is 0 Å². The third-order valence-corrected chi connectivity index (χ3v) is 10.8. The first-order chi connectivity index (χ1) is 25.3. The molecule has 0 N–H and O–H groups in total. The van der Waals surface area contributed by atoms with E-state index in [1.54, 1.807) is 0 Å². The highest BCUT2D eigenvalue weighted by molar-refractivity contribution is 6.25. The molecular weight excluding hydrogens is 617 g/mol. The van der Waals surface area contributed by atoms with Crippen LogP contribution in [0, 0.1) is 0 Å². The second-order valence-electron chi connectivity index (χ2n) is 13.6. The molecule has 51 heavy (non-hydrogen) atoms. The quantitative estimate of drug-likeness (QED) is 0.174. The van der Waals surface area contributed by atoms with Gasteiger partial charge in [-0.2, -0.15) is 0 Å². The van der Waals surface area contributed by atoms with Gasteiger partial charge in [0.1, 0.15) is 11.2 Å². The van der Waals surface area contributed by atoms with Crippen molar-refractivity contribution < 1.29 is 4.42 Å². The van der Waals surface area contributed by atoms with Crippen molar-refractivity contribution >= 4 is 75.8 Å². The monoisotopic (exact) mass is 646 g/mol. The summed E-state index contributed by atoms with van der Waals surface area (Å²) in [5.74, 6) is 0. The molecule has 1 heteroatoms. The van der Waals surface area contributed by atoms with Crippen molar-refractivity contribution in [1.29, 1.82) is 0 Å². The lowest BCUT2D eigenvalue weighted by atomic mass is 9.84. The Kier molecular flexibility index (Phi) is 6.02. The van der Waals surface area contributed by atoms with E-state index in [0.29, 0.717) is 0 Å². The van der Waals surface area contributed by atoms with E-state index < -0.39 is 0 Å². The molecule has 0 radical (unpaired) electrons. The Hall–Kier alpha value is -6.70. The fraction of sp³-hybridized carbons (Fsp3) is 0. The van der Waals surface area contributed by atoms with Gasteiger partial charge in [-0.25, -0.2) is 0 Å². The van der Waals surface area contributed by atoms with Gasteiger partial charge in [0.2, 0.25) is 0 Å². The smallest absolute Gasteiger partial charge is 0.143 e. The van der Waals surface area contributed by atoms with E-state index in [-0.39, 0.29) is 0 Å². The van der Waals surface area contributed by atoms with E-state index in [4.69, 9.17) is 4.42 Å². The summed E-state index contributed by atoms with van der Waals surface area (Å²) in [7, 11) is 0. The zero-order valence-electron chi connectivity index (χ0n) is 27.7. The summed E-state index contributed by atoms with van der Waals surface area (Å²) >= 11 is 0. The molecule has 1 nitrogen and oxygen atoms in total. The van der Waals surface area contributed by atoms with Crippen LogP contribution in [0.2, 0.25) is 0 Å². The number of furan rings is 1. The van der Waals surface area contributed by atoms with E-state index in [0.717, 1.165) is 27.3 Å². The van der Waals surface area contributed by atoms with Crippen LogP contribution in [0.1, 0.15) is 0 Å². The van der Waals surface area contributed by atoms with E-state index in [1.165, 1.54) is 81.9 Å². The largest absolute Gasteiger partial charge is 0.455 e. The highest BCUT2D eigenvalue weighted by atomic mass is 16.3. The van der Waals surface area contributed by atoms with Gasteiger partial charge in [-0.05, 0) is 101 Å². The minimum absolute atomic E-state index is 0.913. The van der Waals surface area contributed by atoms with Crippen LogP contribution in [0.3, 0.4) is 0 Å². The summed E-state index contributed by atoms with van der Waals surface area (Å²) in [4.78, 5) is 0. The molecule has 10 aromatic carbocycles. The first-order valence-corrected chi connectivity index (χ1v) is 17.6. The standard InChI is InChI=1S/C50H30O/c1-2-14-33-28-37(25-24-31(33)12-1)47-42-22-9-7-20-40(42)46(41-21-8-10-23-43(41)47)35-16-11-17-36(29-35)48-38-18-5-4-15-34(38)30-45-49(48)44-27-26-32-13-3-6-19-39(32)50(44)51-45/h1-30H. The van der Waals surface area contributed by atoms with E-state index >= 15 is 0 Å². The number of fused-ring (bicyclic) bond motifs is 9. The zero-order chi connectivity index (χ0) is 33.5. The van der Waals surface area contributed by atoms with Crippen molar-refractivity contribution in [2.75, 3.05) is 0 Å². The molecule has 11 rings (SSSR count). The molecule has 236 valence electrons. The van der Waals surface area contributed by atoms with Gasteiger partial charge in [-0.15, -0.1) is 0 Å². The number of hydrogen-bond acceptors (Lipinski definition) is 1. The van der Waals surface area contributed by atoms with E-state index in [1.807, 2.05) is 0 Å². The lowest BCUT2D eigenvalue weighted by molar-refractivity contribution is 0.673. The first-order valence-electron chi connectivity index (χ1n) is 17.6. The van der Waals surface area contributed by atoms with Gasteiger partial charge in [-0.3, -0.25) is 0 Å². The molecule has 0 aliphatic heterocycles. The van der Waals surface area contributed by atoms with Crippen molar-refractivity contribution in [3.63, 3.8) is 0 Å². The fourth-order valence-electron chi connectivity index (χ4n) is 8.55. The lowest BCUT2D eigenvalue weighted by Crippen LogP contribution is -1.91.